The van der Waals surface area contributed by atoms with Gasteiger partial charge in [0.25, 0.3) is 5.56 Å². The largest absolute Gasteiger partial charge is 0.492 e. The number of ether oxygens (including phenoxy) is 1. The Balaban J connectivity index is 1.54. The Morgan fingerprint density at radius 1 is 1.14 bits per heavy atom. The molecule has 6 nitrogen and oxygen atoms in total. The van der Waals surface area contributed by atoms with Gasteiger partial charge in [-0.15, -0.1) is 0 Å². The van der Waals surface area contributed by atoms with Gasteiger partial charge >= 0.3 is 0 Å². The molecule has 0 amide bonds. The lowest BCUT2D eigenvalue weighted by molar-refractivity contribution is 0.261. The Labute approximate surface area is 171 Å². The Morgan fingerprint density at radius 2 is 1.90 bits per heavy atom. The molecule has 1 saturated carbocycles. The van der Waals surface area contributed by atoms with Gasteiger partial charge in [-0.1, -0.05) is 12.8 Å². The monoisotopic (exact) mass is 392 g/mol. The van der Waals surface area contributed by atoms with Crippen LogP contribution in [0.15, 0.2) is 53.5 Å². The summed E-state index contributed by atoms with van der Waals surface area (Å²) in [5.74, 6) is 1.58. The molecule has 2 heterocycles. The molecule has 0 radical (unpaired) electrons. The molecule has 1 N–H and O–H groups in total. The molecule has 0 saturated heterocycles. The third-order valence-corrected chi connectivity index (χ3v) is 5.44. The molecule has 0 aliphatic heterocycles. The van der Waals surface area contributed by atoms with E-state index in [1.807, 2.05) is 61.3 Å². The van der Waals surface area contributed by atoms with Gasteiger partial charge in [0.15, 0.2) is 0 Å². The number of hydrogen-bond acceptors (Lipinski definition) is 5. The average Bonchev–Trinajstić information content (AvgIpc) is 3.23. The summed E-state index contributed by atoms with van der Waals surface area (Å²) in [6.07, 6.45) is 6.35. The summed E-state index contributed by atoms with van der Waals surface area (Å²) in [5, 5.41) is 4.34. The number of likely N-dealkylation sites (N-methyl/N-ethyl adjacent to an activating group) is 1. The molecule has 0 bridgehead atoms. The number of nitrogens with zero attached hydrogens (tertiary/aromatic N) is 3. The lowest BCUT2D eigenvalue weighted by Crippen LogP contribution is -2.22. The van der Waals surface area contributed by atoms with Crippen molar-refractivity contribution in [3.05, 3.63) is 59.0 Å². The highest BCUT2D eigenvalue weighted by Gasteiger charge is 2.19. The molecule has 3 aromatic rings. The lowest BCUT2D eigenvalue weighted by Gasteiger charge is -2.17. The minimum atomic E-state index is 0.0702. The van der Waals surface area contributed by atoms with Gasteiger partial charge < -0.3 is 19.5 Å². The number of hydrogen-bond donors (Lipinski definition) is 1. The summed E-state index contributed by atoms with van der Waals surface area (Å²) in [4.78, 5) is 19.2. The summed E-state index contributed by atoms with van der Waals surface area (Å²) in [5.41, 5.74) is 1.95. The van der Waals surface area contributed by atoms with E-state index in [-0.39, 0.29) is 5.56 Å². The fourth-order valence-electron chi connectivity index (χ4n) is 3.89. The van der Waals surface area contributed by atoms with Crippen molar-refractivity contribution in [3.8, 4) is 5.75 Å². The molecule has 0 unspecified atom stereocenters. The van der Waals surface area contributed by atoms with Crippen LogP contribution >= 0.6 is 0 Å². The highest BCUT2D eigenvalue weighted by atomic mass is 16.5. The molecule has 4 rings (SSSR count). The van der Waals surface area contributed by atoms with Crippen LogP contribution in [0.25, 0.3) is 10.9 Å². The van der Waals surface area contributed by atoms with Crippen molar-refractivity contribution in [3.63, 3.8) is 0 Å². The van der Waals surface area contributed by atoms with Crippen molar-refractivity contribution < 1.29 is 4.74 Å². The van der Waals surface area contributed by atoms with Gasteiger partial charge in [0, 0.05) is 42.0 Å². The van der Waals surface area contributed by atoms with Crippen molar-refractivity contribution in [1.29, 1.82) is 0 Å². The molecular weight excluding hydrogens is 364 g/mol. The highest BCUT2D eigenvalue weighted by Crippen LogP contribution is 2.31. The summed E-state index contributed by atoms with van der Waals surface area (Å²) < 4.78 is 7.70. The second kappa shape index (κ2) is 8.66. The first-order valence-corrected chi connectivity index (χ1v) is 10.3. The first kappa shape index (κ1) is 19.5. The zero-order valence-electron chi connectivity index (χ0n) is 17.1. The van der Waals surface area contributed by atoms with E-state index in [1.165, 1.54) is 12.8 Å². The standard InChI is InChI=1S/C23H28N4O2/c1-26(2)13-14-29-20-10-8-18(9-11-20)25-22-15-21-17(16-24-22)7-12-23(28)27(21)19-5-3-4-6-19/h7-12,15-16,19H,3-6,13-14H2,1-2H3,(H,24,25). The van der Waals surface area contributed by atoms with E-state index in [0.29, 0.717) is 12.6 Å². The van der Waals surface area contributed by atoms with Crippen molar-refractivity contribution in [2.75, 3.05) is 32.6 Å². The van der Waals surface area contributed by atoms with Gasteiger partial charge in [-0.2, -0.15) is 0 Å². The maximum absolute atomic E-state index is 12.6. The molecular formula is C23H28N4O2. The first-order valence-electron chi connectivity index (χ1n) is 10.3. The van der Waals surface area contributed by atoms with Gasteiger partial charge in [0.2, 0.25) is 0 Å². The number of benzene rings is 1. The summed E-state index contributed by atoms with van der Waals surface area (Å²) in [7, 11) is 4.05. The van der Waals surface area contributed by atoms with Crippen LogP contribution in [0.1, 0.15) is 31.7 Å². The van der Waals surface area contributed by atoms with Crippen LogP contribution in [0.5, 0.6) is 5.75 Å². The van der Waals surface area contributed by atoms with E-state index >= 15 is 0 Å². The normalized spacial score (nSPS) is 14.6. The molecule has 1 aliphatic carbocycles. The number of aromatic nitrogens is 2. The predicted molar refractivity (Wildman–Crippen MR) is 117 cm³/mol. The van der Waals surface area contributed by atoms with E-state index in [4.69, 9.17) is 4.74 Å². The molecule has 2 aromatic heterocycles. The van der Waals surface area contributed by atoms with Crippen molar-refractivity contribution in [2.45, 2.75) is 31.7 Å². The molecule has 29 heavy (non-hydrogen) atoms. The maximum atomic E-state index is 12.6. The van der Waals surface area contributed by atoms with Gasteiger partial charge in [-0.25, -0.2) is 4.98 Å². The van der Waals surface area contributed by atoms with Crippen LogP contribution in [-0.2, 0) is 0 Å². The summed E-state index contributed by atoms with van der Waals surface area (Å²) in [6.45, 7) is 1.54. The number of nitrogens with one attached hydrogen (secondary N) is 1. The van der Waals surface area contributed by atoms with Crippen LogP contribution in [0.3, 0.4) is 0 Å². The smallest absolute Gasteiger partial charge is 0.251 e. The average molecular weight is 393 g/mol. The van der Waals surface area contributed by atoms with Gasteiger partial charge in [-0.3, -0.25) is 4.79 Å². The van der Waals surface area contributed by atoms with Crippen LogP contribution in [0.4, 0.5) is 11.5 Å². The van der Waals surface area contributed by atoms with Gasteiger partial charge in [0.1, 0.15) is 18.2 Å². The molecule has 0 atom stereocenters. The van der Waals surface area contributed by atoms with Crippen molar-refractivity contribution >= 4 is 22.4 Å². The Kier molecular flexibility index (Phi) is 5.81. The molecule has 1 aliphatic rings. The minimum absolute atomic E-state index is 0.0702. The van der Waals surface area contributed by atoms with E-state index < -0.39 is 0 Å². The number of rotatable bonds is 7. The van der Waals surface area contributed by atoms with Crippen molar-refractivity contribution in [2.24, 2.45) is 0 Å². The quantitative estimate of drug-likeness (QED) is 0.653. The fourth-order valence-corrected chi connectivity index (χ4v) is 3.89. The van der Waals surface area contributed by atoms with Crippen LogP contribution in [0, 0.1) is 0 Å². The Morgan fingerprint density at radius 3 is 2.62 bits per heavy atom. The fraction of sp³-hybridized carbons (Fsp3) is 0.391. The molecule has 6 heteroatoms. The Hall–Kier alpha value is -2.86. The third kappa shape index (κ3) is 4.59. The lowest BCUT2D eigenvalue weighted by atomic mass is 10.2. The molecule has 152 valence electrons. The number of anilines is 2. The second-order valence-electron chi connectivity index (χ2n) is 7.91. The van der Waals surface area contributed by atoms with E-state index in [1.54, 1.807) is 6.07 Å². The molecule has 1 aromatic carbocycles. The number of fused-ring (bicyclic) bond motifs is 1. The summed E-state index contributed by atoms with van der Waals surface area (Å²) >= 11 is 0. The maximum Gasteiger partial charge on any atom is 0.251 e. The zero-order chi connectivity index (χ0) is 20.2. The van der Waals surface area contributed by atoms with E-state index in [0.717, 1.165) is 47.5 Å². The first-order chi connectivity index (χ1) is 14.1. The minimum Gasteiger partial charge on any atom is -0.492 e. The van der Waals surface area contributed by atoms with Crippen molar-refractivity contribution in [1.82, 2.24) is 14.5 Å². The SMILES string of the molecule is CN(C)CCOc1ccc(Nc2cc3c(ccc(=O)n3C3CCCC3)cn2)cc1. The molecule has 1 fully saturated rings. The highest BCUT2D eigenvalue weighted by molar-refractivity contribution is 5.81. The van der Waals surface area contributed by atoms with E-state index in [2.05, 4.69) is 15.2 Å². The third-order valence-electron chi connectivity index (χ3n) is 5.44. The second-order valence-corrected chi connectivity index (χ2v) is 7.91. The predicted octanol–water partition coefficient (Wildman–Crippen LogP) is 4.20. The Bertz CT molecular complexity index is 1020. The van der Waals surface area contributed by atoms with Crippen LogP contribution in [-0.4, -0.2) is 41.7 Å². The van der Waals surface area contributed by atoms with Gasteiger partial charge in [0.05, 0.1) is 5.52 Å². The summed E-state index contributed by atoms with van der Waals surface area (Å²) in [6, 6.07) is 13.7. The van der Waals surface area contributed by atoms with Crippen LogP contribution in [0.2, 0.25) is 0 Å². The van der Waals surface area contributed by atoms with Crippen LogP contribution < -0.4 is 15.6 Å². The molecule has 0 spiro atoms. The van der Waals surface area contributed by atoms with Gasteiger partial charge in [-0.05, 0) is 57.3 Å². The zero-order valence-corrected chi connectivity index (χ0v) is 17.1. The topological polar surface area (TPSA) is 59.4 Å². The van der Waals surface area contributed by atoms with E-state index in [9.17, 15) is 4.79 Å². The number of pyridine rings is 2.